The summed E-state index contributed by atoms with van der Waals surface area (Å²) in [5, 5.41) is 6.55. The molecule has 5 heteroatoms. The van der Waals surface area contributed by atoms with Gasteiger partial charge in [0.05, 0.1) is 23.0 Å². The summed E-state index contributed by atoms with van der Waals surface area (Å²) in [6, 6.07) is 16.4. The Morgan fingerprint density at radius 2 is 1.57 bits per heavy atom. The molecule has 1 atom stereocenters. The molecule has 2 N–H and O–H groups in total. The van der Waals surface area contributed by atoms with Crippen LogP contribution in [0.1, 0.15) is 66.9 Å². The summed E-state index contributed by atoms with van der Waals surface area (Å²) in [5.41, 5.74) is 1.31. The van der Waals surface area contributed by atoms with Gasteiger partial charge in [-0.2, -0.15) is 0 Å². The second-order valence-electron chi connectivity index (χ2n) is 7.38. The summed E-state index contributed by atoms with van der Waals surface area (Å²) in [7, 11) is 0. The lowest BCUT2D eigenvalue weighted by Crippen LogP contribution is -2.38. The van der Waals surface area contributed by atoms with Crippen molar-refractivity contribution in [3.05, 3.63) is 70.7 Å². The van der Waals surface area contributed by atoms with Gasteiger partial charge in [0.2, 0.25) is 5.91 Å². The van der Waals surface area contributed by atoms with Crippen LogP contribution in [-0.4, -0.2) is 17.9 Å². The van der Waals surface area contributed by atoms with Gasteiger partial charge in [-0.15, -0.1) is 0 Å². The third kappa shape index (κ3) is 5.83. The average Bonchev–Trinajstić information content (AvgIpc) is 2.97. The molecule has 0 saturated heterocycles. The van der Waals surface area contributed by atoms with Crippen molar-refractivity contribution < 1.29 is 9.59 Å². The van der Waals surface area contributed by atoms with Crippen LogP contribution in [0.2, 0.25) is 5.02 Å². The normalized spacial score (nSPS) is 16.0. The van der Waals surface area contributed by atoms with Crippen LogP contribution in [-0.2, 0) is 4.79 Å². The van der Waals surface area contributed by atoms with Crippen LogP contribution in [0.15, 0.2) is 54.6 Å². The molecule has 0 radical (unpaired) electrons. The lowest BCUT2D eigenvalue weighted by Gasteiger charge is -2.22. The monoisotopic (exact) mass is 398 g/mol. The van der Waals surface area contributed by atoms with Gasteiger partial charge in [0.1, 0.15) is 0 Å². The number of halogens is 1. The van der Waals surface area contributed by atoms with E-state index >= 15 is 0 Å². The van der Waals surface area contributed by atoms with Crippen LogP contribution < -0.4 is 10.6 Å². The molecule has 0 bridgehead atoms. The summed E-state index contributed by atoms with van der Waals surface area (Å²) in [4.78, 5) is 25.4. The molecule has 2 aromatic rings. The lowest BCUT2D eigenvalue weighted by atomic mass is 10.0. The van der Waals surface area contributed by atoms with Crippen molar-refractivity contribution in [3.8, 4) is 0 Å². The van der Waals surface area contributed by atoms with E-state index in [1.54, 1.807) is 24.3 Å². The minimum atomic E-state index is -0.407. The summed E-state index contributed by atoms with van der Waals surface area (Å²) < 4.78 is 0. The Balaban J connectivity index is 1.69. The fraction of sp³-hybridized carbons (Fsp3) is 0.391. The van der Waals surface area contributed by atoms with E-state index in [1.807, 2.05) is 30.3 Å². The molecule has 1 aliphatic carbocycles. The molecule has 2 aromatic carbocycles. The molecule has 0 aliphatic heterocycles. The molecule has 1 aliphatic rings. The highest BCUT2D eigenvalue weighted by molar-refractivity contribution is 6.33. The van der Waals surface area contributed by atoms with E-state index in [2.05, 4.69) is 10.6 Å². The first kappa shape index (κ1) is 20.4. The number of hydrogen-bond donors (Lipinski definition) is 2. The lowest BCUT2D eigenvalue weighted by molar-refractivity contribution is -0.122. The molecule has 0 spiro atoms. The summed E-state index contributed by atoms with van der Waals surface area (Å²) in [6.07, 6.45) is 7.09. The summed E-state index contributed by atoms with van der Waals surface area (Å²) >= 11 is 6.16. The SMILES string of the molecule is O=C(C[C@@H](NC(=O)c1ccccc1Cl)c1ccccc1)NC1CCCCCC1. The van der Waals surface area contributed by atoms with E-state index in [-0.39, 0.29) is 24.3 Å². The summed E-state index contributed by atoms with van der Waals surface area (Å²) in [5.74, 6) is -0.304. The van der Waals surface area contributed by atoms with Crippen LogP contribution in [0.25, 0.3) is 0 Å². The number of amides is 2. The quantitative estimate of drug-likeness (QED) is 0.669. The standard InChI is InChI=1S/C23H27ClN2O2/c24-20-15-9-8-14-19(20)23(28)26-21(17-10-4-3-5-11-17)16-22(27)25-18-12-6-1-2-7-13-18/h3-5,8-11,14-15,18,21H,1-2,6-7,12-13,16H2,(H,25,27)(H,26,28)/t21-/m1/s1. The highest BCUT2D eigenvalue weighted by Crippen LogP contribution is 2.21. The molecule has 28 heavy (non-hydrogen) atoms. The van der Waals surface area contributed by atoms with E-state index in [0.717, 1.165) is 31.2 Å². The molecule has 1 saturated carbocycles. The van der Waals surface area contributed by atoms with Gasteiger partial charge in [0.25, 0.3) is 5.91 Å². The van der Waals surface area contributed by atoms with Crippen molar-refractivity contribution >= 4 is 23.4 Å². The smallest absolute Gasteiger partial charge is 0.253 e. The number of carbonyl (C=O) groups excluding carboxylic acids is 2. The van der Waals surface area contributed by atoms with Crippen molar-refractivity contribution in [2.24, 2.45) is 0 Å². The van der Waals surface area contributed by atoms with Gasteiger partial charge in [-0.3, -0.25) is 9.59 Å². The maximum Gasteiger partial charge on any atom is 0.253 e. The van der Waals surface area contributed by atoms with Crippen LogP contribution in [0.3, 0.4) is 0 Å². The third-order valence-corrected chi connectivity index (χ3v) is 5.57. The molecule has 4 nitrogen and oxygen atoms in total. The van der Waals surface area contributed by atoms with Gasteiger partial charge in [-0.1, -0.05) is 79.7 Å². The Morgan fingerprint density at radius 1 is 0.929 bits per heavy atom. The first-order valence-corrected chi connectivity index (χ1v) is 10.4. The minimum absolute atomic E-state index is 0.0276. The van der Waals surface area contributed by atoms with Gasteiger partial charge < -0.3 is 10.6 Å². The Morgan fingerprint density at radius 3 is 2.25 bits per heavy atom. The molecule has 0 aromatic heterocycles. The number of rotatable bonds is 6. The van der Waals surface area contributed by atoms with Gasteiger partial charge in [0, 0.05) is 6.04 Å². The molecule has 0 unspecified atom stereocenters. The molecule has 2 amide bonds. The van der Waals surface area contributed by atoms with Crippen molar-refractivity contribution in [2.75, 3.05) is 0 Å². The van der Waals surface area contributed by atoms with Crippen molar-refractivity contribution in [1.29, 1.82) is 0 Å². The van der Waals surface area contributed by atoms with Crippen LogP contribution >= 0.6 is 11.6 Å². The van der Waals surface area contributed by atoms with Crippen molar-refractivity contribution in [1.82, 2.24) is 10.6 Å². The van der Waals surface area contributed by atoms with Crippen LogP contribution in [0.4, 0.5) is 0 Å². The zero-order chi connectivity index (χ0) is 19.8. The number of hydrogen-bond acceptors (Lipinski definition) is 2. The zero-order valence-electron chi connectivity index (χ0n) is 16.0. The fourth-order valence-electron chi connectivity index (χ4n) is 3.71. The average molecular weight is 399 g/mol. The predicted molar refractivity (Wildman–Crippen MR) is 112 cm³/mol. The van der Waals surface area contributed by atoms with Gasteiger partial charge in [0.15, 0.2) is 0 Å². The van der Waals surface area contributed by atoms with E-state index < -0.39 is 6.04 Å². The Hall–Kier alpha value is -2.33. The molecule has 1 fully saturated rings. The minimum Gasteiger partial charge on any atom is -0.353 e. The maximum atomic E-state index is 12.7. The summed E-state index contributed by atoms with van der Waals surface area (Å²) in [6.45, 7) is 0. The van der Waals surface area contributed by atoms with Crippen LogP contribution in [0, 0.1) is 0 Å². The molecule has 3 rings (SSSR count). The Kier molecular flexibility index (Phi) is 7.49. The van der Waals surface area contributed by atoms with E-state index in [1.165, 1.54) is 12.8 Å². The van der Waals surface area contributed by atoms with Crippen molar-refractivity contribution in [2.45, 2.75) is 57.0 Å². The Labute approximate surface area is 171 Å². The Bertz CT molecular complexity index is 786. The zero-order valence-corrected chi connectivity index (χ0v) is 16.8. The van der Waals surface area contributed by atoms with Crippen molar-refractivity contribution in [3.63, 3.8) is 0 Å². The topological polar surface area (TPSA) is 58.2 Å². The molecule has 148 valence electrons. The second kappa shape index (κ2) is 10.3. The highest BCUT2D eigenvalue weighted by Gasteiger charge is 2.22. The van der Waals surface area contributed by atoms with E-state index in [9.17, 15) is 9.59 Å². The molecular weight excluding hydrogens is 372 g/mol. The third-order valence-electron chi connectivity index (χ3n) is 5.24. The molecular formula is C23H27ClN2O2. The first-order valence-electron chi connectivity index (χ1n) is 10.0. The van der Waals surface area contributed by atoms with E-state index in [0.29, 0.717) is 10.6 Å². The van der Waals surface area contributed by atoms with Gasteiger partial charge in [-0.25, -0.2) is 0 Å². The number of carbonyl (C=O) groups is 2. The highest BCUT2D eigenvalue weighted by atomic mass is 35.5. The van der Waals surface area contributed by atoms with Gasteiger partial charge in [-0.05, 0) is 30.5 Å². The van der Waals surface area contributed by atoms with Crippen LogP contribution in [0.5, 0.6) is 0 Å². The fourth-order valence-corrected chi connectivity index (χ4v) is 3.94. The number of benzene rings is 2. The van der Waals surface area contributed by atoms with Gasteiger partial charge >= 0.3 is 0 Å². The predicted octanol–water partition coefficient (Wildman–Crippen LogP) is 5.04. The maximum absolute atomic E-state index is 12.7. The second-order valence-corrected chi connectivity index (χ2v) is 7.78. The number of nitrogens with one attached hydrogen (secondary N) is 2. The van der Waals surface area contributed by atoms with E-state index in [4.69, 9.17) is 11.6 Å². The largest absolute Gasteiger partial charge is 0.353 e. The first-order chi connectivity index (χ1) is 13.6. The molecule has 0 heterocycles.